The molecule has 0 spiro atoms. The molecule has 1 saturated heterocycles. The van der Waals surface area contributed by atoms with Crippen LogP contribution < -0.4 is 5.32 Å². The van der Waals surface area contributed by atoms with Crippen molar-refractivity contribution in [3.8, 4) is 0 Å². The predicted molar refractivity (Wildman–Crippen MR) is 99.9 cm³/mol. The fourth-order valence-electron chi connectivity index (χ4n) is 3.00. The summed E-state index contributed by atoms with van der Waals surface area (Å²) >= 11 is 0. The lowest BCUT2D eigenvalue weighted by Crippen LogP contribution is -2.48. The Morgan fingerprint density at radius 2 is 1.81 bits per heavy atom. The van der Waals surface area contributed by atoms with E-state index in [4.69, 9.17) is 0 Å². The van der Waals surface area contributed by atoms with Crippen LogP contribution in [0, 0.1) is 0 Å². The number of piperazine rings is 1. The third-order valence-electron chi connectivity index (χ3n) is 4.64. The Labute approximate surface area is 153 Å². The van der Waals surface area contributed by atoms with E-state index in [0.29, 0.717) is 30.9 Å². The van der Waals surface area contributed by atoms with Gasteiger partial charge in [0.25, 0.3) is 11.8 Å². The molecule has 0 bridgehead atoms. The molecule has 0 radical (unpaired) electrons. The molecule has 1 aromatic carbocycles. The van der Waals surface area contributed by atoms with Crippen molar-refractivity contribution in [3.05, 3.63) is 65.5 Å². The van der Waals surface area contributed by atoms with Crippen LogP contribution in [0.1, 0.15) is 33.3 Å². The van der Waals surface area contributed by atoms with Crippen molar-refractivity contribution in [1.29, 1.82) is 0 Å². The lowest BCUT2D eigenvalue weighted by molar-refractivity contribution is 0.0637. The van der Waals surface area contributed by atoms with Gasteiger partial charge in [-0.2, -0.15) is 0 Å². The summed E-state index contributed by atoms with van der Waals surface area (Å²) < 4.78 is 0. The summed E-state index contributed by atoms with van der Waals surface area (Å²) in [6.45, 7) is 6.70. The van der Waals surface area contributed by atoms with Crippen LogP contribution in [0.15, 0.2) is 48.7 Å². The van der Waals surface area contributed by atoms with Crippen molar-refractivity contribution in [2.75, 3.05) is 32.7 Å². The fourth-order valence-corrected chi connectivity index (χ4v) is 3.00. The van der Waals surface area contributed by atoms with E-state index < -0.39 is 0 Å². The normalized spacial score (nSPS) is 14.9. The second kappa shape index (κ2) is 8.58. The largest absolute Gasteiger partial charge is 0.348 e. The molecular formula is C20H24N4O2. The van der Waals surface area contributed by atoms with Gasteiger partial charge in [0.2, 0.25) is 0 Å². The number of hydrogen-bond acceptors (Lipinski definition) is 4. The molecule has 1 fully saturated rings. The summed E-state index contributed by atoms with van der Waals surface area (Å²) in [5, 5.41) is 2.88. The average Bonchev–Trinajstić information content (AvgIpc) is 2.72. The van der Waals surface area contributed by atoms with E-state index in [0.717, 1.165) is 25.2 Å². The molecule has 6 heteroatoms. The van der Waals surface area contributed by atoms with Gasteiger partial charge in [-0.25, -0.2) is 0 Å². The monoisotopic (exact) mass is 352 g/mol. The number of amides is 2. The number of nitrogens with zero attached hydrogens (tertiary/aromatic N) is 3. The molecule has 0 atom stereocenters. The lowest BCUT2D eigenvalue weighted by atomic mass is 10.1. The molecule has 6 nitrogen and oxygen atoms in total. The minimum Gasteiger partial charge on any atom is -0.348 e. The van der Waals surface area contributed by atoms with Gasteiger partial charge in [-0.3, -0.25) is 14.6 Å². The molecule has 0 saturated carbocycles. The van der Waals surface area contributed by atoms with Crippen LogP contribution in [0.25, 0.3) is 0 Å². The van der Waals surface area contributed by atoms with Crippen molar-refractivity contribution >= 4 is 11.8 Å². The maximum Gasteiger partial charge on any atom is 0.272 e. The number of carbonyl (C=O) groups is 2. The molecule has 2 aromatic rings. The van der Waals surface area contributed by atoms with E-state index in [1.807, 2.05) is 30.3 Å². The first-order chi connectivity index (χ1) is 12.7. The van der Waals surface area contributed by atoms with Crippen LogP contribution in [-0.2, 0) is 6.54 Å². The highest BCUT2D eigenvalue weighted by Crippen LogP contribution is 2.09. The highest BCUT2D eigenvalue weighted by atomic mass is 16.2. The van der Waals surface area contributed by atoms with Crippen molar-refractivity contribution in [2.45, 2.75) is 13.5 Å². The van der Waals surface area contributed by atoms with Gasteiger partial charge in [0.15, 0.2) is 0 Å². The summed E-state index contributed by atoms with van der Waals surface area (Å²) in [7, 11) is 0. The van der Waals surface area contributed by atoms with E-state index >= 15 is 0 Å². The molecule has 136 valence electrons. The van der Waals surface area contributed by atoms with Crippen LogP contribution in [0.5, 0.6) is 0 Å². The summed E-state index contributed by atoms with van der Waals surface area (Å²) in [5.74, 6) is -0.320. The Morgan fingerprint density at radius 3 is 2.50 bits per heavy atom. The van der Waals surface area contributed by atoms with Gasteiger partial charge < -0.3 is 15.1 Å². The summed E-state index contributed by atoms with van der Waals surface area (Å²) in [6.07, 6.45) is 1.52. The highest BCUT2D eigenvalue weighted by molar-refractivity contribution is 5.98. The molecule has 1 aliphatic heterocycles. The molecule has 0 aliphatic carbocycles. The number of carbonyl (C=O) groups excluding carboxylic acids is 2. The number of nitrogens with one attached hydrogen (secondary N) is 1. The predicted octanol–water partition coefficient (Wildman–Crippen LogP) is 1.79. The van der Waals surface area contributed by atoms with Gasteiger partial charge in [-0.05, 0) is 24.2 Å². The van der Waals surface area contributed by atoms with Gasteiger partial charge in [0, 0.05) is 44.5 Å². The Balaban J connectivity index is 1.62. The lowest BCUT2D eigenvalue weighted by Gasteiger charge is -2.33. The summed E-state index contributed by atoms with van der Waals surface area (Å²) in [6, 6.07) is 12.9. The van der Waals surface area contributed by atoms with Crippen LogP contribution in [-0.4, -0.2) is 59.3 Å². The zero-order chi connectivity index (χ0) is 18.4. The number of hydrogen-bond donors (Lipinski definition) is 1. The molecular weight excluding hydrogens is 328 g/mol. The number of aromatic nitrogens is 1. The Kier molecular flexibility index (Phi) is 5.96. The van der Waals surface area contributed by atoms with Gasteiger partial charge in [0.05, 0.1) is 0 Å². The maximum absolute atomic E-state index is 12.7. The average molecular weight is 352 g/mol. The number of benzene rings is 1. The first-order valence-electron chi connectivity index (χ1n) is 8.97. The van der Waals surface area contributed by atoms with Gasteiger partial charge in [-0.1, -0.05) is 37.3 Å². The summed E-state index contributed by atoms with van der Waals surface area (Å²) in [5.41, 5.74) is 1.80. The van der Waals surface area contributed by atoms with Crippen molar-refractivity contribution < 1.29 is 9.59 Å². The number of pyridine rings is 1. The molecule has 2 heterocycles. The third-order valence-corrected chi connectivity index (χ3v) is 4.64. The molecule has 0 unspecified atom stereocenters. The number of rotatable bonds is 5. The van der Waals surface area contributed by atoms with E-state index in [1.165, 1.54) is 6.20 Å². The molecule has 26 heavy (non-hydrogen) atoms. The first-order valence-corrected chi connectivity index (χ1v) is 8.97. The smallest absolute Gasteiger partial charge is 0.272 e. The van der Waals surface area contributed by atoms with Gasteiger partial charge in [-0.15, -0.1) is 0 Å². The standard InChI is InChI=1S/C20H24N4O2/c1-2-23-10-12-24(13-11-23)20(26)18-14-17(8-9-21-18)19(25)22-15-16-6-4-3-5-7-16/h3-9,14H,2,10-13,15H2,1H3,(H,22,25). The zero-order valence-electron chi connectivity index (χ0n) is 15.0. The topological polar surface area (TPSA) is 65.5 Å². The number of likely N-dealkylation sites (N-methyl/N-ethyl adjacent to an activating group) is 1. The van der Waals surface area contributed by atoms with Crippen LogP contribution in [0.2, 0.25) is 0 Å². The Bertz CT molecular complexity index is 755. The fraction of sp³-hybridized carbons (Fsp3) is 0.350. The van der Waals surface area contributed by atoms with Gasteiger partial charge >= 0.3 is 0 Å². The molecule has 1 aromatic heterocycles. The second-order valence-corrected chi connectivity index (χ2v) is 6.32. The Morgan fingerprint density at radius 1 is 1.08 bits per heavy atom. The van der Waals surface area contributed by atoms with E-state index in [9.17, 15) is 9.59 Å². The first kappa shape index (κ1) is 18.1. The van der Waals surface area contributed by atoms with E-state index in [-0.39, 0.29) is 11.8 Å². The second-order valence-electron chi connectivity index (χ2n) is 6.32. The molecule has 1 aliphatic rings. The van der Waals surface area contributed by atoms with Crippen molar-refractivity contribution in [3.63, 3.8) is 0 Å². The third kappa shape index (κ3) is 4.46. The maximum atomic E-state index is 12.7. The minimum absolute atomic E-state index is 0.113. The van der Waals surface area contributed by atoms with Crippen molar-refractivity contribution in [1.82, 2.24) is 20.1 Å². The Hall–Kier alpha value is -2.73. The van der Waals surface area contributed by atoms with E-state index in [1.54, 1.807) is 17.0 Å². The highest BCUT2D eigenvalue weighted by Gasteiger charge is 2.22. The van der Waals surface area contributed by atoms with Crippen LogP contribution >= 0.6 is 0 Å². The molecule has 3 rings (SSSR count). The van der Waals surface area contributed by atoms with Gasteiger partial charge in [0.1, 0.15) is 5.69 Å². The van der Waals surface area contributed by atoms with E-state index in [2.05, 4.69) is 22.1 Å². The van der Waals surface area contributed by atoms with Crippen LogP contribution in [0.3, 0.4) is 0 Å². The van der Waals surface area contributed by atoms with Crippen LogP contribution in [0.4, 0.5) is 0 Å². The summed E-state index contributed by atoms with van der Waals surface area (Å²) in [4.78, 5) is 33.3. The quantitative estimate of drug-likeness (QED) is 0.891. The molecule has 1 N–H and O–H groups in total. The SMILES string of the molecule is CCN1CCN(C(=O)c2cc(C(=O)NCc3ccccc3)ccn2)CC1. The van der Waals surface area contributed by atoms with Crippen molar-refractivity contribution in [2.24, 2.45) is 0 Å². The minimum atomic E-state index is -0.207. The molecule has 2 amide bonds. The zero-order valence-corrected chi connectivity index (χ0v) is 15.0.